The maximum absolute atomic E-state index is 13.3. The molecule has 0 amide bonds. The summed E-state index contributed by atoms with van der Waals surface area (Å²) < 4.78 is 33.4. The molecule has 0 aliphatic carbocycles. The second-order valence-electron chi connectivity index (χ2n) is 6.47. The first-order valence-corrected chi connectivity index (χ1v) is 9.92. The van der Waals surface area contributed by atoms with Gasteiger partial charge in [0.25, 0.3) is 10.0 Å². The fraction of sp³-hybridized carbons (Fsp3) is 0.263. The zero-order valence-electron chi connectivity index (χ0n) is 14.2. The summed E-state index contributed by atoms with van der Waals surface area (Å²) in [5.41, 5.74) is 0.636. The predicted octanol–water partition coefficient (Wildman–Crippen LogP) is 1.03. The van der Waals surface area contributed by atoms with Gasteiger partial charge in [-0.15, -0.1) is 0 Å². The lowest BCUT2D eigenvalue weighted by Crippen LogP contribution is -2.32. The number of aliphatic hydroxyl groups is 3. The summed E-state index contributed by atoms with van der Waals surface area (Å²) in [6.07, 6.45) is -4.76. The Labute approximate surface area is 156 Å². The van der Waals surface area contributed by atoms with Crippen molar-refractivity contribution in [1.82, 2.24) is 3.97 Å². The van der Waals surface area contributed by atoms with Gasteiger partial charge in [-0.1, -0.05) is 36.4 Å². The van der Waals surface area contributed by atoms with Gasteiger partial charge in [-0.3, -0.25) is 0 Å². The van der Waals surface area contributed by atoms with Crippen molar-refractivity contribution < 1.29 is 28.5 Å². The van der Waals surface area contributed by atoms with Crippen molar-refractivity contribution in [2.75, 3.05) is 6.61 Å². The van der Waals surface area contributed by atoms with Crippen LogP contribution in [0.2, 0.25) is 0 Å². The van der Waals surface area contributed by atoms with Crippen LogP contribution in [0.4, 0.5) is 0 Å². The van der Waals surface area contributed by atoms with E-state index in [1.54, 1.807) is 48.5 Å². The van der Waals surface area contributed by atoms with Crippen LogP contribution < -0.4 is 0 Å². The summed E-state index contributed by atoms with van der Waals surface area (Å²) in [7, 11) is -3.97. The van der Waals surface area contributed by atoms with Crippen LogP contribution in [-0.2, 0) is 14.8 Å². The molecule has 0 bridgehead atoms. The molecule has 0 radical (unpaired) electrons. The third-order valence-corrected chi connectivity index (χ3v) is 6.56. The van der Waals surface area contributed by atoms with E-state index in [1.165, 1.54) is 12.1 Å². The van der Waals surface area contributed by atoms with Crippen molar-refractivity contribution in [3.05, 3.63) is 66.4 Å². The molecule has 3 N–H and O–H groups in total. The molecule has 1 aliphatic heterocycles. The number of benzene rings is 2. The average Bonchev–Trinajstić information content (AvgIpc) is 3.21. The Balaban J connectivity index is 1.94. The first kappa shape index (κ1) is 18.1. The number of nitrogens with zero attached hydrogens (tertiary/aromatic N) is 1. The van der Waals surface area contributed by atoms with E-state index in [-0.39, 0.29) is 10.6 Å². The van der Waals surface area contributed by atoms with Gasteiger partial charge < -0.3 is 20.1 Å². The van der Waals surface area contributed by atoms with E-state index in [9.17, 15) is 23.7 Å². The SMILES string of the molecule is O=S(=O)(c1ccccc1)n1c([C@@H]2O[C@H](CO)[C@@H](O)[C@H]2O)cc2ccccc21. The molecule has 1 fully saturated rings. The van der Waals surface area contributed by atoms with Crippen LogP contribution >= 0.6 is 0 Å². The van der Waals surface area contributed by atoms with Gasteiger partial charge in [-0.2, -0.15) is 0 Å². The zero-order valence-corrected chi connectivity index (χ0v) is 15.0. The second kappa shape index (κ2) is 6.74. The quantitative estimate of drug-likeness (QED) is 0.615. The Kier molecular flexibility index (Phi) is 4.53. The highest BCUT2D eigenvalue weighted by Gasteiger charge is 2.45. The van der Waals surface area contributed by atoms with Gasteiger partial charge in [0.2, 0.25) is 0 Å². The number of fused-ring (bicyclic) bond motifs is 1. The number of hydrogen-bond acceptors (Lipinski definition) is 6. The Hall–Kier alpha value is -2.23. The number of hydrogen-bond donors (Lipinski definition) is 3. The molecule has 1 aromatic heterocycles. The number of ether oxygens (including phenoxy) is 1. The normalized spacial score (nSPS) is 25.9. The summed E-state index contributed by atoms with van der Waals surface area (Å²) in [5, 5.41) is 30.5. The van der Waals surface area contributed by atoms with Crippen LogP contribution in [-0.4, -0.2) is 52.6 Å². The minimum absolute atomic E-state index is 0.0966. The van der Waals surface area contributed by atoms with E-state index in [0.717, 1.165) is 3.97 Å². The second-order valence-corrected chi connectivity index (χ2v) is 8.26. The molecule has 1 aliphatic rings. The van der Waals surface area contributed by atoms with Gasteiger partial charge in [0.15, 0.2) is 0 Å². The van der Waals surface area contributed by atoms with Gasteiger partial charge in [-0.05, 0) is 24.3 Å². The van der Waals surface area contributed by atoms with Crippen LogP contribution in [0.5, 0.6) is 0 Å². The van der Waals surface area contributed by atoms with Crippen LogP contribution in [0, 0.1) is 0 Å². The molecule has 4 atom stereocenters. The molecule has 1 saturated heterocycles. The fourth-order valence-corrected chi connectivity index (χ4v) is 5.03. The number of para-hydroxylation sites is 1. The number of aromatic nitrogens is 1. The third-order valence-electron chi connectivity index (χ3n) is 4.81. The van der Waals surface area contributed by atoms with Crippen LogP contribution in [0.3, 0.4) is 0 Å². The minimum Gasteiger partial charge on any atom is -0.394 e. The zero-order chi connectivity index (χ0) is 19.2. The van der Waals surface area contributed by atoms with Crippen molar-refractivity contribution in [1.29, 1.82) is 0 Å². The molecule has 2 heterocycles. The Morgan fingerprint density at radius 3 is 2.30 bits per heavy atom. The van der Waals surface area contributed by atoms with Crippen molar-refractivity contribution >= 4 is 20.9 Å². The first-order chi connectivity index (χ1) is 12.9. The first-order valence-electron chi connectivity index (χ1n) is 8.48. The Morgan fingerprint density at radius 2 is 1.63 bits per heavy atom. The van der Waals surface area contributed by atoms with Gasteiger partial charge in [0, 0.05) is 5.39 Å². The molecular formula is C19H19NO6S. The average molecular weight is 389 g/mol. The Morgan fingerprint density at radius 1 is 0.963 bits per heavy atom. The van der Waals surface area contributed by atoms with Crippen molar-refractivity contribution in [2.24, 2.45) is 0 Å². The lowest BCUT2D eigenvalue weighted by Gasteiger charge is -2.18. The van der Waals surface area contributed by atoms with Crippen LogP contribution in [0.15, 0.2) is 65.6 Å². The smallest absolute Gasteiger partial charge is 0.268 e. The minimum atomic E-state index is -3.97. The monoisotopic (exact) mass is 389 g/mol. The molecule has 27 heavy (non-hydrogen) atoms. The van der Waals surface area contributed by atoms with E-state index in [0.29, 0.717) is 10.9 Å². The summed E-state index contributed by atoms with van der Waals surface area (Å²) in [6, 6.07) is 16.5. The molecule has 7 nitrogen and oxygen atoms in total. The largest absolute Gasteiger partial charge is 0.394 e. The van der Waals surface area contributed by atoms with E-state index in [1.807, 2.05) is 0 Å². The molecule has 0 spiro atoms. The molecule has 2 aromatic carbocycles. The standard InChI is InChI=1S/C19H19NO6S/c21-11-16-17(22)18(23)19(26-16)15-10-12-6-4-5-9-14(12)20(15)27(24,25)13-7-2-1-3-8-13/h1-10,16-19,21-23H,11H2/t16-,17-,18-,19+/m1/s1. The maximum atomic E-state index is 13.3. The van der Waals surface area contributed by atoms with Gasteiger partial charge in [0.05, 0.1) is 22.7 Å². The number of rotatable bonds is 4. The predicted molar refractivity (Wildman–Crippen MR) is 97.7 cm³/mol. The lowest BCUT2D eigenvalue weighted by molar-refractivity contribution is -0.0240. The molecule has 0 unspecified atom stereocenters. The number of aliphatic hydroxyl groups excluding tert-OH is 3. The van der Waals surface area contributed by atoms with E-state index >= 15 is 0 Å². The summed E-state index contributed by atoms with van der Waals surface area (Å²) in [6.45, 7) is -0.486. The molecule has 4 rings (SSSR count). The summed E-state index contributed by atoms with van der Waals surface area (Å²) in [4.78, 5) is 0.0966. The fourth-order valence-electron chi connectivity index (χ4n) is 3.46. The van der Waals surface area contributed by atoms with Gasteiger partial charge in [-0.25, -0.2) is 12.4 Å². The topological polar surface area (TPSA) is 109 Å². The van der Waals surface area contributed by atoms with Crippen molar-refractivity contribution in [3.8, 4) is 0 Å². The highest BCUT2D eigenvalue weighted by Crippen LogP contribution is 2.38. The lowest BCUT2D eigenvalue weighted by atomic mass is 10.1. The molecular weight excluding hydrogens is 370 g/mol. The van der Waals surface area contributed by atoms with Gasteiger partial charge in [0.1, 0.15) is 24.4 Å². The summed E-state index contributed by atoms with van der Waals surface area (Å²) >= 11 is 0. The highest BCUT2D eigenvalue weighted by atomic mass is 32.2. The van der Waals surface area contributed by atoms with Crippen LogP contribution in [0.25, 0.3) is 10.9 Å². The van der Waals surface area contributed by atoms with Gasteiger partial charge >= 0.3 is 0 Å². The summed E-state index contributed by atoms with van der Waals surface area (Å²) in [5.74, 6) is 0. The van der Waals surface area contributed by atoms with E-state index in [4.69, 9.17) is 4.74 Å². The molecule has 3 aromatic rings. The van der Waals surface area contributed by atoms with Crippen molar-refractivity contribution in [3.63, 3.8) is 0 Å². The van der Waals surface area contributed by atoms with Crippen molar-refractivity contribution in [2.45, 2.75) is 29.3 Å². The van der Waals surface area contributed by atoms with E-state index < -0.39 is 41.0 Å². The maximum Gasteiger partial charge on any atom is 0.268 e. The molecule has 8 heteroatoms. The Bertz CT molecular complexity index is 1060. The highest BCUT2D eigenvalue weighted by molar-refractivity contribution is 7.90. The third kappa shape index (κ3) is 2.86. The van der Waals surface area contributed by atoms with E-state index in [2.05, 4.69) is 0 Å². The molecule has 0 saturated carbocycles. The van der Waals surface area contributed by atoms with Crippen LogP contribution in [0.1, 0.15) is 11.8 Å². The molecule has 142 valence electrons.